The second-order valence-corrected chi connectivity index (χ2v) is 6.01. The molecule has 5 nitrogen and oxygen atoms in total. The first kappa shape index (κ1) is 13.9. The number of benzene rings is 1. The van der Waals surface area contributed by atoms with Crippen molar-refractivity contribution in [3.63, 3.8) is 0 Å². The molecule has 116 valence electrons. The van der Waals surface area contributed by atoms with Crippen LogP contribution in [0.4, 0.5) is 5.95 Å². The lowest BCUT2D eigenvalue weighted by Gasteiger charge is -2.16. The molecule has 0 radical (unpaired) electrons. The van der Waals surface area contributed by atoms with E-state index in [-0.39, 0.29) is 5.56 Å². The van der Waals surface area contributed by atoms with E-state index in [1.54, 1.807) is 6.20 Å². The van der Waals surface area contributed by atoms with E-state index < -0.39 is 0 Å². The molecule has 1 fully saturated rings. The highest BCUT2D eigenvalue weighted by molar-refractivity contribution is 5.92. The summed E-state index contributed by atoms with van der Waals surface area (Å²) in [6, 6.07) is 10.0. The Balaban J connectivity index is 1.90. The first-order valence-electron chi connectivity index (χ1n) is 7.93. The van der Waals surface area contributed by atoms with Crippen molar-refractivity contribution in [3.05, 3.63) is 52.4 Å². The van der Waals surface area contributed by atoms with Crippen molar-refractivity contribution in [2.75, 3.05) is 18.0 Å². The van der Waals surface area contributed by atoms with Gasteiger partial charge in [-0.2, -0.15) is 4.98 Å². The normalized spacial score (nSPS) is 14.6. The van der Waals surface area contributed by atoms with Crippen LogP contribution in [0.3, 0.4) is 0 Å². The molecule has 0 saturated carbocycles. The summed E-state index contributed by atoms with van der Waals surface area (Å²) >= 11 is 0. The number of fused-ring (bicyclic) bond motifs is 1. The Kier molecular flexibility index (Phi) is 3.33. The number of aromatic nitrogens is 3. The molecule has 0 aliphatic carbocycles. The minimum absolute atomic E-state index is 0.124. The number of aryl methyl sites for hydroxylation is 1. The Labute approximate surface area is 134 Å². The second-order valence-electron chi connectivity index (χ2n) is 6.01. The van der Waals surface area contributed by atoms with Gasteiger partial charge in [-0.05, 0) is 37.0 Å². The first-order chi connectivity index (χ1) is 11.2. The van der Waals surface area contributed by atoms with Crippen molar-refractivity contribution < 1.29 is 0 Å². The van der Waals surface area contributed by atoms with Gasteiger partial charge in [0.15, 0.2) is 5.65 Å². The third-order valence-corrected chi connectivity index (χ3v) is 4.36. The van der Waals surface area contributed by atoms with Crippen molar-refractivity contribution >= 4 is 17.0 Å². The number of pyridine rings is 1. The summed E-state index contributed by atoms with van der Waals surface area (Å²) in [7, 11) is 0. The topological polar surface area (TPSA) is 61.9 Å². The van der Waals surface area contributed by atoms with Crippen LogP contribution in [0, 0.1) is 6.92 Å². The van der Waals surface area contributed by atoms with Gasteiger partial charge < -0.3 is 4.90 Å². The van der Waals surface area contributed by atoms with Crippen LogP contribution in [0.15, 0.2) is 41.3 Å². The molecule has 3 heterocycles. The maximum atomic E-state index is 12.7. The highest BCUT2D eigenvalue weighted by atomic mass is 16.1. The molecule has 0 amide bonds. The van der Waals surface area contributed by atoms with Crippen LogP contribution in [0.5, 0.6) is 0 Å². The van der Waals surface area contributed by atoms with Crippen molar-refractivity contribution in [1.82, 2.24) is 15.0 Å². The van der Waals surface area contributed by atoms with Gasteiger partial charge in [0, 0.05) is 19.3 Å². The Morgan fingerprint density at radius 2 is 1.83 bits per heavy atom. The van der Waals surface area contributed by atoms with E-state index in [0.717, 1.165) is 37.1 Å². The van der Waals surface area contributed by atoms with E-state index in [2.05, 4.69) is 19.9 Å². The van der Waals surface area contributed by atoms with Crippen molar-refractivity contribution in [2.45, 2.75) is 19.8 Å². The largest absolute Gasteiger partial charge is 0.342 e. The fraction of sp³-hybridized carbons (Fsp3) is 0.278. The number of hydrogen-bond acceptors (Lipinski definition) is 4. The van der Waals surface area contributed by atoms with Gasteiger partial charge in [0.05, 0.1) is 5.39 Å². The summed E-state index contributed by atoms with van der Waals surface area (Å²) in [5.74, 6) is 0.633. The molecule has 2 aromatic heterocycles. The number of H-pyrrole nitrogens is 1. The summed E-state index contributed by atoms with van der Waals surface area (Å²) in [6.45, 7) is 3.92. The molecule has 3 aromatic rings. The average molecular weight is 306 g/mol. The standard InChI is InChI=1S/C18H18N4O/c1-12-4-6-13(7-5-12)14-8-9-19-16-15(14)17(23)21-18(20-16)22-10-2-3-11-22/h4-9H,2-3,10-11H2,1H3,(H,19,20,21,23). The Morgan fingerprint density at radius 1 is 1.09 bits per heavy atom. The maximum absolute atomic E-state index is 12.7. The van der Waals surface area contributed by atoms with E-state index in [0.29, 0.717) is 17.0 Å². The smallest absolute Gasteiger partial charge is 0.262 e. The predicted molar refractivity (Wildman–Crippen MR) is 91.8 cm³/mol. The molecule has 1 saturated heterocycles. The number of rotatable bonds is 2. The average Bonchev–Trinajstić information content (AvgIpc) is 3.09. The van der Waals surface area contributed by atoms with Gasteiger partial charge in [-0.15, -0.1) is 0 Å². The minimum Gasteiger partial charge on any atom is -0.342 e. The van der Waals surface area contributed by atoms with E-state index in [1.807, 2.05) is 37.3 Å². The Morgan fingerprint density at radius 3 is 2.57 bits per heavy atom. The van der Waals surface area contributed by atoms with Crippen LogP contribution < -0.4 is 10.5 Å². The van der Waals surface area contributed by atoms with Crippen LogP contribution in [-0.2, 0) is 0 Å². The molecule has 23 heavy (non-hydrogen) atoms. The first-order valence-corrected chi connectivity index (χ1v) is 7.93. The predicted octanol–water partition coefficient (Wildman–Crippen LogP) is 2.89. The monoisotopic (exact) mass is 306 g/mol. The molecule has 0 atom stereocenters. The molecular formula is C18H18N4O. The minimum atomic E-state index is -0.124. The van der Waals surface area contributed by atoms with Crippen LogP contribution in [0.2, 0.25) is 0 Å². The Hall–Kier alpha value is -2.69. The third kappa shape index (κ3) is 2.48. The van der Waals surface area contributed by atoms with E-state index in [4.69, 9.17) is 0 Å². The van der Waals surface area contributed by atoms with Gasteiger partial charge in [0.1, 0.15) is 0 Å². The SMILES string of the molecule is Cc1ccc(-c2ccnc3nc(N4CCCC4)[nH]c(=O)c23)cc1. The lowest BCUT2D eigenvalue weighted by atomic mass is 10.0. The van der Waals surface area contributed by atoms with Gasteiger partial charge in [0.25, 0.3) is 5.56 Å². The molecule has 5 heteroatoms. The van der Waals surface area contributed by atoms with E-state index in [1.165, 1.54) is 5.56 Å². The molecule has 0 unspecified atom stereocenters. The zero-order valence-electron chi connectivity index (χ0n) is 13.0. The highest BCUT2D eigenvalue weighted by Gasteiger charge is 2.17. The van der Waals surface area contributed by atoms with Gasteiger partial charge in [-0.3, -0.25) is 9.78 Å². The summed E-state index contributed by atoms with van der Waals surface area (Å²) in [4.78, 5) is 26.6. The lowest BCUT2D eigenvalue weighted by Crippen LogP contribution is -2.24. The molecule has 0 spiro atoms. The number of aromatic amines is 1. The number of hydrogen-bond donors (Lipinski definition) is 1. The van der Waals surface area contributed by atoms with Crippen LogP contribution in [0.25, 0.3) is 22.2 Å². The second kappa shape index (κ2) is 5.50. The van der Waals surface area contributed by atoms with E-state index in [9.17, 15) is 4.79 Å². The van der Waals surface area contributed by atoms with E-state index >= 15 is 0 Å². The van der Waals surface area contributed by atoms with Crippen molar-refractivity contribution in [2.24, 2.45) is 0 Å². The molecule has 0 bridgehead atoms. The zero-order chi connectivity index (χ0) is 15.8. The van der Waals surface area contributed by atoms with Crippen LogP contribution in [0.1, 0.15) is 18.4 Å². The van der Waals surface area contributed by atoms with Crippen molar-refractivity contribution in [1.29, 1.82) is 0 Å². The molecular weight excluding hydrogens is 288 g/mol. The fourth-order valence-electron chi connectivity index (χ4n) is 3.10. The van der Waals surface area contributed by atoms with Crippen LogP contribution in [-0.4, -0.2) is 28.0 Å². The van der Waals surface area contributed by atoms with Gasteiger partial charge >= 0.3 is 0 Å². The maximum Gasteiger partial charge on any atom is 0.262 e. The lowest BCUT2D eigenvalue weighted by molar-refractivity contribution is 0.897. The third-order valence-electron chi connectivity index (χ3n) is 4.36. The number of nitrogens with one attached hydrogen (secondary N) is 1. The fourth-order valence-corrected chi connectivity index (χ4v) is 3.10. The molecule has 1 aliphatic heterocycles. The molecule has 4 rings (SSSR count). The number of nitrogens with zero attached hydrogens (tertiary/aromatic N) is 3. The molecule has 1 N–H and O–H groups in total. The summed E-state index contributed by atoms with van der Waals surface area (Å²) in [6.07, 6.45) is 3.99. The summed E-state index contributed by atoms with van der Waals surface area (Å²) < 4.78 is 0. The van der Waals surface area contributed by atoms with Crippen molar-refractivity contribution in [3.8, 4) is 11.1 Å². The van der Waals surface area contributed by atoms with Gasteiger partial charge in [-0.25, -0.2) is 4.98 Å². The highest BCUT2D eigenvalue weighted by Crippen LogP contribution is 2.25. The summed E-state index contributed by atoms with van der Waals surface area (Å²) in [5.41, 5.74) is 3.45. The van der Waals surface area contributed by atoms with Gasteiger partial charge in [-0.1, -0.05) is 29.8 Å². The Bertz CT molecular complexity index is 908. The molecule has 1 aromatic carbocycles. The number of anilines is 1. The van der Waals surface area contributed by atoms with Crippen LogP contribution >= 0.6 is 0 Å². The van der Waals surface area contributed by atoms with Gasteiger partial charge in [0.2, 0.25) is 5.95 Å². The molecule has 1 aliphatic rings. The quantitative estimate of drug-likeness (QED) is 0.791. The summed E-state index contributed by atoms with van der Waals surface area (Å²) in [5, 5.41) is 0.555. The zero-order valence-corrected chi connectivity index (χ0v) is 13.0.